The highest BCUT2D eigenvalue weighted by atomic mass is 79.9. The second kappa shape index (κ2) is 3.45. The molecule has 0 spiro atoms. The molecular formula is C6H4Br2O3S. The third kappa shape index (κ3) is 2.07. The number of halogens is 2. The van der Waals surface area contributed by atoms with Crippen LogP contribution < -0.4 is 0 Å². The van der Waals surface area contributed by atoms with Crippen molar-refractivity contribution in [2.75, 3.05) is 0 Å². The Kier molecular flexibility index (Phi) is 2.92. The molecule has 1 aromatic carbocycles. The first-order chi connectivity index (χ1) is 5.43. The van der Waals surface area contributed by atoms with Crippen LogP contribution >= 0.6 is 31.9 Å². The van der Waals surface area contributed by atoms with Crippen molar-refractivity contribution in [2.24, 2.45) is 0 Å². The van der Waals surface area contributed by atoms with Crippen LogP contribution in [-0.4, -0.2) is 13.0 Å². The van der Waals surface area contributed by atoms with Crippen LogP contribution in [0.3, 0.4) is 0 Å². The third-order valence-electron chi connectivity index (χ3n) is 1.19. The monoisotopic (exact) mass is 314 g/mol. The summed E-state index contributed by atoms with van der Waals surface area (Å²) >= 11 is 6.15. The average Bonchev–Trinajstić information content (AvgIpc) is 1.92. The Morgan fingerprint density at radius 2 is 1.83 bits per heavy atom. The minimum absolute atomic E-state index is 0.142. The van der Waals surface area contributed by atoms with E-state index in [4.69, 9.17) is 4.55 Å². The SMILES string of the molecule is O=S(=O)(O)c1cccc(Br)c1Br. The first-order valence-corrected chi connectivity index (χ1v) is 5.87. The van der Waals surface area contributed by atoms with Gasteiger partial charge in [-0.15, -0.1) is 0 Å². The Morgan fingerprint density at radius 1 is 1.25 bits per heavy atom. The molecule has 0 aliphatic carbocycles. The molecule has 66 valence electrons. The zero-order valence-corrected chi connectivity index (χ0v) is 9.65. The van der Waals surface area contributed by atoms with Crippen molar-refractivity contribution < 1.29 is 13.0 Å². The lowest BCUT2D eigenvalue weighted by Gasteiger charge is -2.01. The second-order valence-corrected chi connectivity index (χ2v) is 5.06. The quantitative estimate of drug-likeness (QED) is 0.810. The van der Waals surface area contributed by atoms with E-state index in [-0.39, 0.29) is 4.90 Å². The van der Waals surface area contributed by atoms with Crippen molar-refractivity contribution in [1.29, 1.82) is 0 Å². The van der Waals surface area contributed by atoms with Crippen LogP contribution in [0.2, 0.25) is 0 Å². The Balaban J connectivity index is 3.47. The molecule has 0 aromatic heterocycles. The van der Waals surface area contributed by atoms with Crippen molar-refractivity contribution in [1.82, 2.24) is 0 Å². The molecule has 3 nitrogen and oxygen atoms in total. The summed E-state index contributed by atoms with van der Waals surface area (Å²) in [5, 5.41) is 0. The van der Waals surface area contributed by atoms with E-state index in [0.717, 1.165) is 0 Å². The highest BCUT2D eigenvalue weighted by Crippen LogP contribution is 2.29. The highest BCUT2D eigenvalue weighted by Gasteiger charge is 2.14. The summed E-state index contributed by atoms with van der Waals surface area (Å²) < 4.78 is 31.0. The molecule has 0 fully saturated rings. The fourth-order valence-corrected chi connectivity index (χ4v) is 2.65. The van der Waals surface area contributed by atoms with Crippen molar-refractivity contribution in [2.45, 2.75) is 4.90 Å². The van der Waals surface area contributed by atoms with Gasteiger partial charge in [-0.25, -0.2) is 0 Å². The molecule has 0 saturated heterocycles. The summed E-state index contributed by atoms with van der Waals surface area (Å²) in [5.74, 6) is 0. The summed E-state index contributed by atoms with van der Waals surface area (Å²) in [6.45, 7) is 0. The second-order valence-electron chi connectivity index (χ2n) is 2.03. The van der Waals surface area contributed by atoms with Crippen molar-refractivity contribution in [3.05, 3.63) is 27.1 Å². The molecule has 0 aliphatic rings. The molecule has 1 aromatic rings. The van der Waals surface area contributed by atoms with Crippen molar-refractivity contribution in [3.8, 4) is 0 Å². The Bertz CT molecular complexity index is 399. The fraction of sp³-hybridized carbons (Fsp3) is 0. The van der Waals surface area contributed by atoms with Crippen molar-refractivity contribution >= 4 is 42.0 Å². The zero-order chi connectivity index (χ0) is 9.35. The lowest BCUT2D eigenvalue weighted by molar-refractivity contribution is 0.482. The van der Waals surface area contributed by atoms with Crippen LogP contribution in [0.15, 0.2) is 32.0 Å². The summed E-state index contributed by atoms with van der Waals surface area (Å²) in [6.07, 6.45) is 0. The van der Waals surface area contributed by atoms with E-state index < -0.39 is 10.1 Å². The molecule has 0 amide bonds. The molecule has 0 radical (unpaired) electrons. The van der Waals surface area contributed by atoms with Crippen LogP contribution in [0.25, 0.3) is 0 Å². The molecule has 0 saturated carbocycles. The lowest BCUT2D eigenvalue weighted by atomic mass is 10.4. The van der Waals surface area contributed by atoms with Gasteiger partial charge in [-0.3, -0.25) is 4.55 Å². The van der Waals surface area contributed by atoms with Crippen LogP contribution in [0.4, 0.5) is 0 Å². The maximum atomic E-state index is 10.7. The van der Waals surface area contributed by atoms with Gasteiger partial charge in [-0.05, 0) is 44.0 Å². The minimum atomic E-state index is -4.13. The average molecular weight is 316 g/mol. The maximum Gasteiger partial charge on any atom is 0.295 e. The molecule has 1 rings (SSSR count). The first-order valence-electron chi connectivity index (χ1n) is 2.84. The molecule has 0 unspecified atom stereocenters. The zero-order valence-electron chi connectivity index (χ0n) is 5.66. The molecule has 0 aliphatic heterocycles. The van der Waals surface area contributed by atoms with Gasteiger partial charge in [0.25, 0.3) is 10.1 Å². The molecule has 12 heavy (non-hydrogen) atoms. The van der Waals surface area contributed by atoms with Gasteiger partial charge >= 0.3 is 0 Å². The van der Waals surface area contributed by atoms with E-state index in [2.05, 4.69) is 31.9 Å². The van der Waals surface area contributed by atoms with Gasteiger partial charge in [0, 0.05) is 4.47 Å². The molecule has 0 atom stereocenters. The van der Waals surface area contributed by atoms with Crippen molar-refractivity contribution in [3.63, 3.8) is 0 Å². The summed E-state index contributed by atoms with van der Waals surface area (Å²) in [7, 11) is -4.13. The number of hydrogen-bond donors (Lipinski definition) is 1. The summed E-state index contributed by atoms with van der Waals surface area (Å²) in [5.41, 5.74) is 0. The minimum Gasteiger partial charge on any atom is -0.282 e. The fourth-order valence-electron chi connectivity index (χ4n) is 0.683. The summed E-state index contributed by atoms with van der Waals surface area (Å²) in [6, 6.07) is 4.50. The van der Waals surface area contributed by atoms with E-state index in [1.165, 1.54) is 12.1 Å². The van der Waals surface area contributed by atoms with E-state index in [9.17, 15) is 8.42 Å². The smallest absolute Gasteiger partial charge is 0.282 e. The van der Waals surface area contributed by atoms with E-state index >= 15 is 0 Å². The predicted molar refractivity (Wildman–Crippen MR) is 51.7 cm³/mol. The maximum absolute atomic E-state index is 10.7. The number of benzene rings is 1. The van der Waals surface area contributed by atoms with Gasteiger partial charge in [-0.1, -0.05) is 6.07 Å². The predicted octanol–water partition coefficient (Wildman–Crippen LogP) is 2.46. The van der Waals surface area contributed by atoms with Gasteiger partial charge in [0.05, 0.1) is 4.47 Å². The molecule has 1 N–H and O–H groups in total. The number of rotatable bonds is 1. The van der Waals surface area contributed by atoms with Gasteiger partial charge in [0.2, 0.25) is 0 Å². The van der Waals surface area contributed by atoms with E-state index in [1.807, 2.05) is 0 Å². The summed E-state index contributed by atoms with van der Waals surface area (Å²) in [4.78, 5) is -0.142. The molecular weight excluding hydrogens is 312 g/mol. The van der Waals surface area contributed by atoms with Crippen LogP contribution in [0.1, 0.15) is 0 Å². The van der Waals surface area contributed by atoms with Gasteiger partial charge in [0.15, 0.2) is 0 Å². The van der Waals surface area contributed by atoms with E-state index in [1.54, 1.807) is 6.07 Å². The van der Waals surface area contributed by atoms with Crippen LogP contribution in [0.5, 0.6) is 0 Å². The van der Waals surface area contributed by atoms with Crippen LogP contribution in [-0.2, 0) is 10.1 Å². The largest absolute Gasteiger partial charge is 0.295 e. The topological polar surface area (TPSA) is 54.4 Å². The van der Waals surface area contributed by atoms with Gasteiger partial charge in [0.1, 0.15) is 4.90 Å². The Morgan fingerprint density at radius 3 is 2.25 bits per heavy atom. The highest BCUT2D eigenvalue weighted by molar-refractivity contribution is 9.13. The Labute approximate surface area is 86.8 Å². The first kappa shape index (κ1) is 10.2. The standard InChI is InChI=1S/C6H4Br2O3S/c7-4-2-1-3-5(6(4)8)12(9,10)11/h1-3H,(H,9,10,11). The molecule has 6 heteroatoms. The lowest BCUT2D eigenvalue weighted by Crippen LogP contribution is -1.98. The van der Waals surface area contributed by atoms with E-state index in [0.29, 0.717) is 8.95 Å². The number of hydrogen-bond acceptors (Lipinski definition) is 2. The molecule has 0 bridgehead atoms. The van der Waals surface area contributed by atoms with Gasteiger partial charge in [-0.2, -0.15) is 8.42 Å². The normalized spacial score (nSPS) is 11.6. The van der Waals surface area contributed by atoms with Gasteiger partial charge < -0.3 is 0 Å². The van der Waals surface area contributed by atoms with Crippen LogP contribution in [0, 0.1) is 0 Å². The molecule has 0 heterocycles. The third-order valence-corrected chi connectivity index (χ3v) is 4.40. The Hall–Kier alpha value is 0.0900.